The number of nitrogens with one attached hydrogen (secondary N) is 1. The van der Waals surface area contributed by atoms with Gasteiger partial charge in [-0.15, -0.1) is 0 Å². The lowest BCUT2D eigenvalue weighted by Gasteiger charge is -2.16. The van der Waals surface area contributed by atoms with Crippen molar-refractivity contribution in [1.29, 1.82) is 0 Å². The predicted octanol–water partition coefficient (Wildman–Crippen LogP) is -0.0968. The van der Waals surface area contributed by atoms with Crippen molar-refractivity contribution in [2.45, 2.75) is 6.18 Å². The zero-order valence-corrected chi connectivity index (χ0v) is 5.56. The van der Waals surface area contributed by atoms with Gasteiger partial charge in [0.05, 0.1) is 12.5 Å². The molecular weight excluding hydrogens is 163 g/mol. The van der Waals surface area contributed by atoms with Crippen LogP contribution in [0.5, 0.6) is 0 Å². The minimum absolute atomic E-state index is 0.161. The molecule has 66 valence electrons. The van der Waals surface area contributed by atoms with Crippen molar-refractivity contribution < 1.29 is 23.1 Å². The highest BCUT2D eigenvalue weighted by Crippen LogP contribution is 2.24. The summed E-state index contributed by atoms with van der Waals surface area (Å²) in [6, 6.07) is 0. The average Bonchev–Trinajstić information content (AvgIpc) is 1.87. The Labute approximate surface area is 61.2 Å². The van der Waals surface area contributed by atoms with Crippen LogP contribution in [0.3, 0.4) is 0 Å². The number of rotatable bonds is 4. The Kier molecular flexibility index (Phi) is 3.88. The molecule has 0 saturated carbocycles. The maximum atomic E-state index is 11.7. The van der Waals surface area contributed by atoms with Crippen LogP contribution < -0.4 is 5.32 Å². The van der Waals surface area contributed by atoms with Gasteiger partial charge >= 0.3 is 6.18 Å². The summed E-state index contributed by atoms with van der Waals surface area (Å²) < 4.78 is 35.2. The summed E-state index contributed by atoms with van der Waals surface area (Å²) in [7, 11) is 0. The fourth-order valence-electron chi connectivity index (χ4n) is 0.474. The van der Waals surface area contributed by atoms with Crippen LogP contribution in [0.25, 0.3) is 0 Å². The Morgan fingerprint density at radius 2 is 2.09 bits per heavy atom. The number of hydrogen-bond acceptors (Lipinski definition) is 2. The smallest absolute Gasteiger partial charge is 0.395 e. The molecule has 0 aliphatic rings. The van der Waals surface area contributed by atoms with Crippen molar-refractivity contribution in [3.05, 3.63) is 0 Å². The van der Waals surface area contributed by atoms with E-state index in [9.17, 15) is 18.0 Å². The summed E-state index contributed by atoms with van der Waals surface area (Å²) in [5.74, 6) is -1.87. The molecule has 0 aromatic heterocycles. The number of alkyl halides is 3. The van der Waals surface area contributed by atoms with Crippen molar-refractivity contribution in [3.8, 4) is 0 Å². The van der Waals surface area contributed by atoms with E-state index in [4.69, 9.17) is 5.11 Å². The van der Waals surface area contributed by atoms with Crippen LogP contribution in [0, 0.1) is 5.92 Å². The number of aliphatic hydroxyl groups is 1. The molecule has 0 saturated heterocycles. The van der Waals surface area contributed by atoms with Crippen LogP contribution >= 0.6 is 0 Å². The molecule has 2 N–H and O–H groups in total. The maximum absolute atomic E-state index is 11.7. The van der Waals surface area contributed by atoms with Crippen molar-refractivity contribution in [2.24, 2.45) is 5.92 Å². The number of carbonyl (C=O) groups excluding carboxylic acids is 1. The van der Waals surface area contributed by atoms with Gasteiger partial charge in [0.25, 0.3) is 0 Å². The number of aliphatic hydroxyl groups excluding tert-OH is 1. The average molecular weight is 171 g/mol. The van der Waals surface area contributed by atoms with E-state index in [1.165, 1.54) is 0 Å². The third-order valence-electron chi connectivity index (χ3n) is 1.13. The van der Waals surface area contributed by atoms with Crippen LogP contribution in [0.15, 0.2) is 0 Å². The van der Waals surface area contributed by atoms with E-state index >= 15 is 0 Å². The van der Waals surface area contributed by atoms with Crippen molar-refractivity contribution in [2.75, 3.05) is 13.2 Å². The molecule has 0 spiro atoms. The monoisotopic (exact) mass is 171 g/mol. The van der Waals surface area contributed by atoms with Crippen molar-refractivity contribution in [1.82, 2.24) is 5.32 Å². The van der Waals surface area contributed by atoms with Gasteiger partial charge in [-0.05, 0) is 0 Å². The Bertz CT molecular complexity index is 125. The largest absolute Gasteiger partial charge is 0.396 e. The van der Waals surface area contributed by atoms with Crippen LogP contribution in [0.4, 0.5) is 13.2 Å². The molecular formula is C5H8F3NO2. The highest BCUT2D eigenvalue weighted by atomic mass is 19.4. The van der Waals surface area contributed by atoms with E-state index in [1.807, 2.05) is 5.32 Å². The summed E-state index contributed by atoms with van der Waals surface area (Å²) in [6.07, 6.45) is -4.29. The number of hydrogen-bond donors (Lipinski definition) is 2. The lowest BCUT2D eigenvalue weighted by Crippen LogP contribution is -2.35. The molecule has 0 heterocycles. The van der Waals surface area contributed by atoms with E-state index in [0.717, 1.165) is 0 Å². The first-order chi connectivity index (χ1) is 5.02. The third kappa shape index (κ3) is 3.82. The number of carbonyl (C=O) groups is 1. The van der Waals surface area contributed by atoms with Crippen LogP contribution in [-0.2, 0) is 4.79 Å². The first kappa shape index (κ1) is 10.2. The van der Waals surface area contributed by atoms with Gasteiger partial charge < -0.3 is 10.4 Å². The molecule has 0 aliphatic carbocycles. The van der Waals surface area contributed by atoms with Crippen molar-refractivity contribution >= 4 is 6.41 Å². The zero-order chi connectivity index (χ0) is 8.91. The van der Waals surface area contributed by atoms with E-state index in [0.29, 0.717) is 0 Å². The normalized spacial score (nSPS) is 14.2. The summed E-state index contributed by atoms with van der Waals surface area (Å²) in [6.45, 7) is -1.59. The van der Waals surface area contributed by atoms with Crippen molar-refractivity contribution in [3.63, 3.8) is 0 Å². The molecule has 0 aliphatic heterocycles. The number of halogens is 3. The predicted molar refractivity (Wildman–Crippen MR) is 30.7 cm³/mol. The fourth-order valence-corrected chi connectivity index (χ4v) is 0.474. The highest BCUT2D eigenvalue weighted by Gasteiger charge is 2.38. The van der Waals surface area contributed by atoms with Crippen LogP contribution in [0.2, 0.25) is 0 Å². The van der Waals surface area contributed by atoms with E-state index in [2.05, 4.69) is 0 Å². The van der Waals surface area contributed by atoms with Gasteiger partial charge in [0.15, 0.2) is 0 Å². The van der Waals surface area contributed by atoms with Gasteiger partial charge in [0.2, 0.25) is 6.41 Å². The van der Waals surface area contributed by atoms with E-state index in [-0.39, 0.29) is 6.41 Å². The van der Waals surface area contributed by atoms with Gasteiger partial charge in [-0.3, -0.25) is 4.79 Å². The Balaban J connectivity index is 3.85. The second kappa shape index (κ2) is 4.17. The molecule has 11 heavy (non-hydrogen) atoms. The van der Waals surface area contributed by atoms with E-state index in [1.54, 1.807) is 0 Å². The zero-order valence-electron chi connectivity index (χ0n) is 5.56. The summed E-state index contributed by atoms with van der Waals surface area (Å²) in [5.41, 5.74) is 0. The highest BCUT2D eigenvalue weighted by molar-refractivity contribution is 5.45. The second-order valence-electron chi connectivity index (χ2n) is 1.95. The topological polar surface area (TPSA) is 49.3 Å². The Hall–Kier alpha value is -0.780. The Morgan fingerprint density at radius 1 is 1.55 bits per heavy atom. The minimum atomic E-state index is -4.45. The van der Waals surface area contributed by atoms with Gasteiger partial charge in [-0.25, -0.2) is 0 Å². The molecule has 0 bridgehead atoms. The molecule has 1 unspecified atom stereocenters. The van der Waals surface area contributed by atoms with Crippen LogP contribution in [0.1, 0.15) is 0 Å². The SMILES string of the molecule is O=CNCC(CO)C(F)(F)F. The number of amides is 1. The molecule has 0 radical (unpaired) electrons. The molecule has 0 aromatic rings. The summed E-state index contributed by atoms with van der Waals surface area (Å²) in [4.78, 5) is 9.59. The van der Waals surface area contributed by atoms with Gasteiger partial charge in [-0.2, -0.15) is 13.2 Å². The molecule has 0 aromatic carbocycles. The lowest BCUT2D eigenvalue weighted by molar-refractivity contribution is -0.182. The molecule has 0 rings (SSSR count). The maximum Gasteiger partial charge on any atom is 0.395 e. The standard InChI is InChI=1S/C5H8F3NO2/c6-5(7,8)4(2-10)1-9-3-11/h3-4,10H,1-2H2,(H,9,11). The molecule has 1 amide bonds. The molecule has 0 fully saturated rings. The first-order valence-electron chi connectivity index (χ1n) is 2.87. The lowest BCUT2D eigenvalue weighted by atomic mass is 10.1. The summed E-state index contributed by atoms with van der Waals surface area (Å²) in [5, 5.41) is 10.1. The van der Waals surface area contributed by atoms with Gasteiger partial charge in [0.1, 0.15) is 0 Å². The molecule has 3 nitrogen and oxygen atoms in total. The van der Waals surface area contributed by atoms with Gasteiger partial charge in [-0.1, -0.05) is 0 Å². The van der Waals surface area contributed by atoms with Gasteiger partial charge in [0, 0.05) is 6.54 Å². The fraction of sp³-hybridized carbons (Fsp3) is 0.800. The quantitative estimate of drug-likeness (QED) is 0.580. The minimum Gasteiger partial charge on any atom is -0.396 e. The molecule has 1 atom stereocenters. The third-order valence-corrected chi connectivity index (χ3v) is 1.13. The second-order valence-corrected chi connectivity index (χ2v) is 1.95. The van der Waals surface area contributed by atoms with E-state index < -0.39 is 25.2 Å². The molecule has 6 heteroatoms. The Morgan fingerprint density at radius 3 is 2.36 bits per heavy atom. The first-order valence-corrected chi connectivity index (χ1v) is 2.87. The summed E-state index contributed by atoms with van der Waals surface area (Å²) >= 11 is 0. The van der Waals surface area contributed by atoms with Crippen LogP contribution in [-0.4, -0.2) is 30.8 Å².